The summed E-state index contributed by atoms with van der Waals surface area (Å²) in [4.78, 5) is 33.1. The zero-order valence-electron chi connectivity index (χ0n) is 48.2. The topological polar surface area (TPSA) is 89.4 Å². The third kappa shape index (κ3) is 9.24. The van der Waals surface area contributed by atoms with Crippen LogP contribution in [0.5, 0.6) is 23.0 Å². The van der Waals surface area contributed by atoms with Crippen LogP contribution in [-0.2, 0) is 6.42 Å². The number of hydrogen-bond donors (Lipinski definition) is 3. The fourth-order valence-electron chi connectivity index (χ4n) is 18.3. The van der Waals surface area contributed by atoms with Gasteiger partial charge in [0.15, 0.2) is 0 Å². The summed E-state index contributed by atoms with van der Waals surface area (Å²) in [6, 6.07) is 45.0. The van der Waals surface area contributed by atoms with Gasteiger partial charge in [-0.3, -0.25) is 0 Å². The molecule has 4 fully saturated rings. The molecule has 5 aliphatic heterocycles. The molecule has 10 atom stereocenters. The van der Waals surface area contributed by atoms with Gasteiger partial charge in [0.1, 0.15) is 0 Å². The predicted octanol–water partition coefficient (Wildman–Crippen LogP) is 20.8. The monoisotopic (exact) mass is 1130 g/mol. The molecule has 4 aliphatic carbocycles. The van der Waals surface area contributed by atoms with E-state index in [0.29, 0.717) is 52.6 Å². The molecule has 0 spiro atoms. The zero-order valence-corrected chi connectivity index (χ0v) is 50.0. The van der Waals surface area contributed by atoms with Crippen molar-refractivity contribution in [3.05, 3.63) is 144 Å². The van der Waals surface area contributed by atoms with Crippen LogP contribution in [-0.4, -0.2) is 16.5 Å². The number of nitrogens with one attached hydrogen (secondary N) is 1. The minimum atomic E-state index is -5.51. The molecule has 0 radical (unpaired) electrons. The molecule has 7 unspecified atom stereocenters. The van der Waals surface area contributed by atoms with E-state index in [4.69, 9.17) is 18.1 Å². The van der Waals surface area contributed by atoms with Gasteiger partial charge in [-0.2, -0.15) is 0 Å². The summed E-state index contributed by atoms with van der Waals surface area (Å²) >= 11 is 0. The molecule has 5 heterocycles. The van der Waals surface area contributed by atoms with E-state index < -0.39 is 15.5 Å². The molecule has 82 heavy (non-hydrogen) atoms. The van der Waals surface area contributed by atoms with Gasteiger partial charge >= 0.3 is 488 Å². The first-order chi connectivity index (χ1) is 39.9. The number of hydrogen-bond acceptors (Lipinski definition) is 7. The summed E-state index contributed by atoms with van der Waals surface area (Å²) < 4.78 is 31.3. The fourth-order valence-corrected chi connectivity index (χ4v) is 23.4. The maximum absolute atomic E-state index is 14.9. The fraction of sp³-hybridized carbons (Fsp3) is 0.452. The first kappa shape index (κ1) is 52.3. The van der Waals surface area contributed by atoms with Crippen LogP contribution in [0.15, 0.2) is 121 Å². The normalized spacial score (nSPS) is 30.6. The van der Waals surface area contributed by atoms with Gasteiger partial charge < -0.3 is 0 Å². The second-order valence-electron chi connectivity index (χ2n) is 27.7. The van der Waals surface area contributed by atoms with E-state index in [1.165, 1.54) is 62.1 Å². The molecule has 7 nitrogen and oxygen atoms in total. The summed E-state index contributed by atoms with van der Waals surface area (Å²) in [6.45, 7) is 4.23. The van der Waals surface area contributed by atoms with E-state index in [9.17, 15) is 9.79 Å². The molecule has 3 N–H and O–H groups in total. The van der Waals surface area contributed by atoms with Crippen molar-refractivity contribution in [2.75, 3.05) is 6.66 Å². The van der Waals surface area contributed by atoms with Crippen LogP contribution in [0, 0.1) is 35.5 Å². The van der Waals surface area contributed by atoms with Crippen LogP contribution in [0.3, 0.4) is 0 Å². The summed E-state index contributed by atoms with van der Waals surface area (Å²) in [5.74, 6) is 6.49. The van der Waals surface area contributed by atoms with E-state index in [-0.39, 0.29) is 17.8 Å². The van der Waals surface area contributed by atoms with Gasteiger partial charge in [-0.1, -0.05) is 0 Å². The molecular weight excluding hydrogens is 1050 g/mol. The van der Waals surface area contributed by atoms with Gasteiger partial charge in [0.2, 0.25) is 0 Å². The first-order valence-corrected chi connectivity index (χ1v) is 36.2. The van der Waals surface area contributed by atoms with Crippen molar-refractivity contribution in [3.8, 4) is 45.3 Å². The Labute approximate surface area is 485 Å². The second kappa shape index (κ2) is 20.2. The van der Waals surface area contributed by atoms with E-state index in [1.807, 2.05) is 0 Å². The summed E-state index contributed by atoms with van der Waals surface area (Å²) in [5.41, 5.74) is 8.35. The van der Waals surface area contributed by atoms with Crippen molar-refractivity contribution in [3.63, 3.8) is 0 Å². The molecule has 14 bridgehead atoms. The zero-order chi connectivity index (χ0) is 54.9. The number of fused-ring (bicyclic) bond motifs is 18. The third-order valence-electron chi connectivity index (χ3n) is 21.9. The van der Waals surface area contributed by atoms with Crippen molar-refractivity contribution in [2.24, 2.45) is 35.5 Å². The van der Waals surface area contributed by atoms with E-state index >= 15 is 0 Å². The molecule has 8 aromatic rings. The van der Waals surface area contributed by atoms with Crippen molar-refractivity contribution in [2.45, 2.75) is 166 Å². The average molecular weight is 1130 g/mol. The Morgan fingerprint density at radius 3 is 1.55 bits per heavy atom. The summed E-state index contributed by atoms with van der Waals surface area (Å²) in [7, 11) is -10.1. The molecule has 424 valence electrons. The van der Waals surface area contributed by atoms with Gasteiger partial charge in [0, 0.05) is 0 Å². The van der Waals surface area contributed by atoms with Crippen molar-refractivity contribution in [1.29, 1.82) is 0 Å². The third-order valence-corrected chi connectivity index (χ3v) is 26.8. The van der Waals surface area contributed by atoms with Crippen LogP contribution in [0.1, 0.15) is 182 Å². The van der Waals surface area contributed by atoms with E-state index in [0.717, 1.165) is 173 Å². The molecular formula is C73H82NO6P2+. The Bertz CT molecular complexity index is 3860. The maximum atomic E-state index is 14.9. The molecule has 0 aromatic heterocycles. The van der Waals surface area contributed by atoms with Gasteiger partial charge in [0.25, 0.3) is 0 Å². The Morgan fingerprint density at radius 1 is 0.427 bits per heavy atom. The summed E-state index contributed by atoms with van der Waals surface area (Å²) in [5, 5.41) is 8.93. The molecule has 9 heteroatoms. The van der Waals surface area contributed by atoms with E-state index in [1.54, 1.807) is 6.66 Å². The number of benzene rings is 8. The van der Waals surface area contributed by atoms with Crippen LogP contribution in [0.4, 0.5) is 0 Å². The molecule has 17 rings (SSSR count). The van der Waals surface area contributed by atoms with Gasteiger partial charge in [-0.05, 0) is 0 Å². The SMILES string of the molecule is C[C@H]1CCC2C[C@H]3CCCC(C[C@@H](C1)C3)c1cc3ccccc3c3c1OP1(C)(O)N[P+]4(O)Oc5c(cc6ccccc6c5-c5c(c2cc2ccccc52)O4)C2CCCCC4CCCC(CCC(CC2)C4)Cc2cc4ccccc4c-3c2O1. The Balaban J connectivity index is 1.06. The predicted molar refractivity (Wildman–Crippen MR) is 339 cm³/mol. The van der Waals surface area contributed by atoms with E-state index in [2.05, 4.69) is 133 Å². The molecule has 0 saturated heterocycles. The average Bonchev–Trinajstić information content (AvgIpc) is 2.73. The van der Waals surface area contributed by atoms with Crippen LogP contribution in [0.25, 0.3) is 65.3 Å². The first-order valence-electron chi connectivity index (χ1n) is 32.1. The van der Waals surface area contributed by atoms with Crippen LogP contribution < -0.4 is 23.0 Å². The molecule has 9 aliphatic rings. The van der Waals surface area contributed by atoms with Crippen molar-refractivity contribution < 1.29 is 27.9 Å². The molecule has 8 aromatic carbocycles. The van der Waals surface area contributed by atoms with Gasteiger partial charge in [0.05, 0.1) is 0 Å². The Morgan fingerprint density at radius 2 is 0.866 bits per heavy atom. The standard InChI is InChI=1S/C73H82NO6P2/c1-45-29-33-57-39-49-18-14-24-52(40-50(35-45)37-49)65-44-56-23-8-12-28-62(56)69-66-59-25-9-5-20-53(59)41-58-38-47-17-13-16-46-15-3-4-19-51(34-32-48(36-46)31-30-47)63-42-54-21-6-10-26-60(54)67-68-61-27-11-7-22-55(61)43-64(57)72(68)78-81(75,77-71(63)67)74-82(2,76,79-70(58)66)80-73(65)69/h5-12,20-23,25-28,41-52,57,74-76H,3-4,13-19,24,29-40H2,1-2H3/q+1/t45-,46?,47?,48?,49-,50-,51?,52?,57?,81?/m0/s1. The van der Waals surface area contributed by atoms with Crippen LogP contribution in [0.2, 0.25) is 0 Å². The van der Waals surface area contributed by atoms with Gasteiger partial charge in [-0.25, -0.2) is 0 Å². The molecule has 0 amide bonds. The van der Waals surface area contributed by atoms with Crippen molar-refractivity contribution >= 4 is 58.6 Å². The molecule has 4 saturated carbocycles. The van der Waals surface area contributed by atoms with Gasteiger partial charge in [-0.15, -0.1) is 0 Å². The number of rotatable bonds is 0. The van der Waals surface area contributed by atoms with Crippen LogP contribution >= 0.6 is 15.5 Å². The van der Waals surface area contributed by atoms with Crippen molar-refractivity contribution in [1.82, 2.24) is 4.86 Å². The quantitative estimate of drug-likeness (QED) is 0.130. The minimum absolute atomic E-state index is 0.162. The summed E-state index contributed by atoms with van der Waals surface area (Å²) in [6.07, 6.45) is 24.9. The Kier molecular flexibility index (Phi) is 12.9. The Hall–Kier alpha value is -5.26. The second-order valence-corrected chi connectivity index (χ2v) is 32.9.